The average Bonchev–Trinajstić information content (AvgIpc) is 2.23. The number of hydrogen-bond donors (Lipinski definition) is 1. The molecular weight excluding hydrogens is 178 g/mol. The van der Waals surface area contributed by atoms with Crippen molar-refractivity contribution in [2.45, 2.75) is 12.5 Å². The van der Waals surface area contributed by atoms with Gasteiger partial charge in [-0.2, -0.15) is 0 Å². The predicted molar refractivity (Wildman–Crippen MR) is 52.5 cm³/mol. The molecule has 1 aromatic heterocycles. The molecule has 2 rings (SSSR count). The Balaban J connectivity index is 2.03. The van der Waals surface area contributed by atoms with E-state index in [1.54, 1.807) is 18.5 Å². The zero-order chi connectivity index (χ0) is 9.80. The van der Waals surface area contributed by atoms with Gasteiger partial charge in [-0.15, -0.1) is 0 Å². The van der Waals surface area contributed by atoms with E-state index in [9.17, 15) is 0 Å². The fraction of sp³-hybridized carbons (Fsp3) is 0.200. The maximum Gasteiger partial charge on any atom is 0.321 e. The van der Waals surface area contributed by atoms with Crippen molar-refractivity contribution in [2.24, 2.45) is 5.73 Å². The number of allylic oxidation sites excluding steroid dienone is 1. The Hall–Kier alpha value is -1.68. The van der Waals surface area contributed by atoms with Crippen LogP contribution in [0.2, 0.25) is 0 Å². The monoisotopic (exact) mass is 189 g/mol. The fourth-order valence-corrected chi connectivity index (χ4v) is 1.14. The van der Waals surface area contributed by atoms with Crippen molar-refractivity contribution >= 4 is 0 Å². The van der Waals surface area contributed by atoms with E-state index < -0.39 is 0 Å². The fourth-order valence-electron chi connectivity index (χ4n) is 1.14. The molecule has 0 spiro atoms. The standard InChI is InChI=1S/C10H11N3O/c11-8-2-4-9(5-3-8)14-10-12-6-1-7-13-10/h1-2,4-8H,3,11H2. The van der Waals surface area contributed by atoms with Gasteiger partial charge in [0, 0.05) is 18.4 Å². The summed E-state index contributed by atoms with van der Waals surface area (Å²) < 4.78 is 5.40. The highest BCUT2D eigenvalue weighted by Crippen LogP contribution is 2.12. The largest absolute Gasteiger partial charge is 0.425 e. The van der Waals surface area contributed by atoms with Crippen molar-refractivity contribution in [3.8, 4) is 6.01 Å². The second-order valence-corrected chi connectivity index (χ2v) is 3.00. The first-order valence-corrected chi connectivity index (χ1v) is 4.43. The summed E-state index contributed by atoms with van der Waals surface area (Å²) in [5, 5.41) is 0. The predicted octanol–water partition coefficient (Wildman–Crippen LogP) is 1.03. The Morgan fingerprint density at radius 2 is 2.14 bits per heavy atom. The quantitative estimate of drug-likeness (QED) is 0.754. The molecule has 0 bridgehead atoms. The molecule has 1 aliphatic rings. The Morgan fingerprint density at radius 3 is 2.79 bits per heavy atom. The summed E-state index contributed by atoms with van der Waals surface area (Å²) in [5.41, 5.74) is 5.67. The smallest absolute Gasteiger partial charge is 0.321 e. The summed E-state index contributed by atoms with van der Waals surface area (Å²) in [7, 11) is 0. The van der Waals surface area contributed by atoms with Gasteiger partial charge in [-0.1, -0.05) is 6.08 Å². The average molecular weight is 189 g/mol. The molecule has 1 atom stereocenters. The summed E-state index contributed by atoms with van der Waals surface area (Å²) in [4.78, 5) is 7.91. The van der Waals surface area contributed by atoms with Gasteiger partial charge in [0.05, 0.1) is 0 Å². The molecule has 0 fully saturated rings. The highest BCUT2D eigenvalue weighted by Gasteiger charge is 2.05. The Bertz CT molecular complexity index is 359. The van der Waals surface area contributed by atoms with E-state index >= 15 is 0 Å². The highest BCUT2D eigenvalue weighted by molar-refractivity contribution is 5.22. The van der Waals surface area contributed by atoms with Crippen LogP contribution in [0.15, 0.2) is 42.4 Å². The third kappa shape index (κ3) is 2.17. The molecule has 4 heteroatoms. The first-order chi connectivity index (χ1) is 6.84. The highest BCUT2D eigenvalue weighted by atomic mass is 16.5. The zero-order valence-corrected chi connectivity index (χ0v) is 7.63. The Kier molecular flexibility index (Phi) is 2.55. The molecule has 0 radical (unpaired) electrons. The molecule has 2 N–H and O–H groups in total. The van der Waals surface area contributed by atoms with Crippen LogP contribution >= 0.6 is 0 Å². The minimum absolute atomic E-state index is 0.0963. The summed E-state index contributed by atoms with van der Waals surface area (Å²) in [6, 6.07) is 2.20. The van der Waals surface area contributed by atoms with Crippen LogP contribution in [0.1, 0.15) is 6.42 Å². The van der Waals surface area contributed by atoms with Crippen LogP contribution in [0.3, 0.4) is 0 Å². The van der Waals surface area contributed by atoms with Gasteiger partial charge >= 0.3 is 6.01 Å². The molecular formula is C10H11N3O. The van der Waals surface area contributed by atoms with Crippen LogP contribution in [-0.2, 0) is 0 Å². The molecule has 1 aliphatic carbocycles. The number of nitrogens with two attached hydrogens (primary N) is 1. The lowest BCUT2D eigenvalue weighted by Gasteiger charge is -2.11. The van der Waals surface area contributed by atoms with Crippen molar-refractivity contribution in [1.29, 1.82) is 0 Å². The van der Waals surface area contributed by atoms with Crippen LogP contribution in [0.5, 0.6) is 6.01 Å². The van der Waals surface area contributed by atoms with E-state index in [4.69, 9.17) is 10.5 Å². The molecule has 0 saturated carbocycles. The summed E-state index contributed by atoms with van der Waals surface area (Å²) >= 11 is 0. The molecule has 1 aromatic rings. The van der Waals surface area contributed by atoms with E-state index in [0.29, 0.717) is 6.01 Å². The van der Waals surface area contributed by atoms with Crippen molar-refractivity contribution < 1.29 is 4.74 Å². The van der Waals surface area contributed by atoms with Gasteiger partial charge < -0.3 is 10.5 Å². The molecule has 0 aromatic carbocycles. The normalized spacial score (nSPS) is 20.4. The summed E-state index contributed by atoms with van der Waals surface area (Å²) in [6.07, 6.45) is 9.74. The number of hydrogen-bond acceptors (Lipinski definition) is 4. The van der Waals surface area contributed by atoms with Crippen molar-refractivity contribution in [3.05, 3.63) is 42.4 Å². The Labute approximate surface area is 82.1 Å². The lowest BCUT2D eigenvalue weighted by molar-refractivity contribution is 0.402. The van der Waals surface area contributed by atoms with Crippen LogP contribution in [0.4, 0.5) is 0 Å². The zero-order valence-electron chi connectivity index (χ0n) is 7.63. The second kappa shape index (κ2) is 4.02. The number of rotatable bonds is 2. The lowest BCUT2D eigenvalue weighted by atomic mass is 10.1. The topological polar surface area (TPSA) is 61.0 Å². The molecule has 0 saturated heterocycles. The van der Waals surface area contributed by atoms with Gasteiger partial charge in [0.2, 0.25) is 0 Å². The third-order valence-corrected chi connectivity index (χ3v) is 1.85. The van der Waals surface area contributed by atoms with Crippen molar-refractivity contribution in [2.75, 3.05) is 0 Å². The molecule has 0 amide bonds. The maximum absolute atomic E-state index is 5.67. The number of nitrogens with zero attached hydrogens (tertiary/aromatic N) is 2. The third-order valence-electron chi connectivity index (χ3n) is 1.85. The Morgan fingerprint density at radius 1 is 1.36 bits per heavy atom. The molecule has 0 aliphatic heterocycles. The van der Waals surface area contributed by atoms with Crippen LogP contribution in [0, 0.1) is 0 Å². The van der Waals surface area contributed by atoms with Gasteiger partial charge in [0.15, 0.2) is 0 Å². The van der Waals surface area contributed by atoms with E-state index in [1.807, 2.05) is 18.2 Å². The van der Waals surface area contributed by atoms with Gasteiger partial charge in [-0.05, 0) is 24.6 Å². The SMILES string of the molecule is NC1C=CC(Oc2ncccn2)=CC1. The van der Waals surface area contributed by atoms with E-state index in [0.717, 1.165) is 12.2 Å². The molecule has 14 heavy (non-hydrogen) atoms. The van der Waals surface area contributed by atoms with Crippen molar-refractivity contribution in [3.63, 3.8) is 0 Å². The van der Waals surface area contributed by atoms with E-state index in [2.05, 4.69) is 9.97 Å². The molecule has 1 heterocycles. The number of aromatic nitrogens is 2. The lowest BCUT2D eigenvalue weighted by Crippen LogP contribution is -2.18. The van der Waals surface area contributed by atoms with E-state index in [-0.39, 0.29) is 6.04 Å². The second-order valence-electron chi connectivity index (χ2n) is 3.00. The summed E-state index contributed by atoms with van der Waals surface area (Å²) in [5.74, 6) is 0.748. The van der Waals surface area contributed by atoms with Crippen LogP contribution in [0.25, 0.3) is 0 Å². The molecule has 4 nitrogen and oxygen atoms in total. The minimum Gasteiger partial charge on any atom is -0.425 e. The van der Waals surface area contributed by atoms with Gasteiger partial charge in [0.25, 0.3) is 0 Å². The number of ether oxygens (including phenoxy) is 1. The van der Waals surface area contributed by atoms with Crippen LogP contribution in [-0.4, -0.2) is 16.0 Å². The van der Waals surface area contributed by atoms with Crippen molar-refractivity contribution in [1.82, 2.24) is 9.97 Å². The summed E-state index contributed by atoms with van der Waals surface area (Å²) in [6.45, 7) is 0. The first kappa shape index (κ1) is 8.90. The first-order valence-electron chi connectivity index (χ1n) is 4.43. The maximum atomic E-state index is 5.67. The van der Waals surface area contributed by atoms with Gasteiger partial charge in [-0.25, -0.2) is 9.97 Å². The minimum atomic E-state index is 0.0963. The van der Waals surface area contributed by atoms with Gasteiger partial charge in [0.1, 0.15) is 5.76 Å². The van der Waals surface area contributed by atoms with Gasteiger partial charge in [-0.3, -0.25) is 0 Å². The molecule has 1 unspecified atom stereocenters. The van der Waals surface area contributed by atoms with Crippen LogP contribution < -0.4 is 10.5 Å². The molecule has 72 valence electrons. The van der Waals surface area contributed by atoms with E-state index in [1.165, 1.54) is 0 Å².